The monoisotopic (exact) mass is 415 g/mol. The minimum absolute atomic E-state index is 0.0327. The van der Waals surface area contributed by atoms with Crippen molar-refractivity contribution in [3.05, 3.63) is 40.6 Å². The molecule has 2 atom stereocenters. The Kier molecular flexibility index (Phi) is 4.83. The Balaban J connectivity index is 1.33. The standard InChI is InChI=1S/C21H25N3O4S/c1-27-15-11-24-9-8-18(20(24)28-12-15)29(26)23-21(25)22-19-16-6-2-4-13(16)10-14-5-3-7-17(14)19/h8-10,15H,2-7,11-12H2,1H3,(H2,22,23,25). The zero-order chi connectivity index (χ0) is 20.0. The van der Waals surface area contributed by atoms with E-state index in [9.17, 15) is 9.00 Å². The van der Waals surface area contributed by atoms with E-state index in [0.717, 1.165) is 44.2 Å². The fourth-order valence-corrected chi connectivity index (χ4v) is 5.56. The number of aryl methyl sites for hydroxylation is 2. The molecule has 8 heteroatoms. The van der Waals surface area contributed by atoms with E-state index in [-0.39, 0.29) is 6.10 Å². The summed E-state index contributed by atoms with van der Waals surface area (Å²) in [5, 5.41) is 3.02. The maximum Gasteiger partial charge on any atom is 0.331 e. The van der Waals surface area contributed by atoms with E-state index in [0.29, 0.717) is 23.9 Å². The lowest BCUT2D eigenvalue weighted by Gasteiger charge is -2.24. The van der Waals surface area contributed by atoms with Crippen LogP contribution in [0, 0.1) is 0 Å². The molecule has 3 aliphatic rings. The second kappa shape index (κ2) is 7.50. The maximum atomic E-state index is 12.8. The molecular weight excluding hydrogens is 390 g/mol. The molecule has 2 amide bonds. The summed E-state index contributed by atoms with van der Waals surface area (Å²) in [6.07, 6.45) is 8.14. The highest BCUT2D eigenvalue weighted by molar-refractivity contribution is 7.83. The minimum Gasteiger partial charge on any atom is -0.475 e. The second-order valence-electron chi connectivity index (χ2n) is 7.87. The Morgan fingerprint density at radius 3 is 2.62 bits per heavy atom. The summed E-state index contributed by atoms with van der Waals surface area (Å²) in [4.78, 5) is 13.2. The van der Waals surface area contributed by atoms with E-state index in [2.05, 4.69) is 16.1 Å². The van der Waals surface area contributed by atoms with Gasteiger partial charge in [0.05, 0.1) is 6.54 Å². The van der Waals surface area contributed by atoms with E-state index < -0.39 is 17.0 Å². The number of hydrogen-bond acceptors (Lipinski definition) is 4. The minimum atomic E-state index is -1.70. The van der Waals surface area contributed by atoms with Crippen LogP contribution in [0.15, 0.2) is 23.2 Å². The Labute approximate surface area is 172 Å². The normalized spacial score (nSPS) is 20.4. The third kappa shape index (κ3) is 3.34. The van der Waals surface area contributed by atoms with Crippen molar-refractivity contribution in [2.24, 2.45) is 0 Å². The molecule has 0 radical (unpaired) electrons. The summed E-state index contributed by atoms with van der Waals surface area (Å²) in [6.45, 7) is 1.04. The molecule has 5 rings (SSSR count). The summed E-state index contributed by atoms with van der Waals surface area (Å²) in [5.74, 6) is 0.526. The summed E-state index contributed by atoms with van der Waals surface area (Å²) in [7, 11) is -0.0605. The Hall–Kier alpha value is -2.32. The Morgan fingerprint density at radius 2 is 1.93 bits per heavy atom. The number of fused-ring (bicyclic) bond motifs is 3. The van der Waals surface area contributed by atoms with Crippen LogP contribution in [-0.2, 0) is 48.0 Å². The van der Waals surface area contributed by atoms with Gasteiger partial charge in [-0.15, -0.1) is 0 Å². The van der Waals surface area contributed by atoms with Crippen LogP contribution < -0.4 is 14.8 Å². The van der Waals surface area contributed by atoms with E-state index in [4.69, 9.17) is 9.47 Å². The van der Waals surface area contributed by atoms with Crippen LogP contribution in [0.25, 0.3) is 0 Å². The number of hydrogen-bond donors (Lipinski definition) is 2. The first-order chi connectivity index (χ1) is 14.1. The largest absolute Gasteiger partial charge is 0.475 e. The molecule has 0 saturated heterocycles. The second-order valence-corrected chi connectivity index (χ2v) is 9.05. The Bertz CT molecular complexity index is 968. The molecule has 1 aromatic heterocycles. The van der Waals surface area contributed by atoms with Gasteiger partial charge in [0.1, 0.15) is 17.6 Å². The van der Waals surface area contributed by atoms with Gasteiger partial charge in [-0.25, -0.2) is 9.00 Å². The molecule has 29 heavy (non-hydrogen) atoms. The van der Waals surface area contributed by atoms with Gasteiger partial charge in [0.2, 0.25) is 5.88 Å². The molecule has 1 aromatic carbocycles. The van der Waals surface area contributed by atoms with Crippen LogP contribution in [-0.4, -0.2) is 34.6 Å². The molecule has 2 N–H and O–H groups in total. The quantitative estimate of drug-likeness (QED) is 0.805. The van der Waals surface area contributed by atoms with E-state index >= 15 is 0 Å². The van der Waals surface area contributed by atoms with Crippen molar-refractivity contribution in [2.75, 3.05) is 19.0 Å². The predicted octanol–water partition coefficient (Wildman–Crippen LogP) is 2.72. The average molecular weight is 416 g/mol. The van der Waals surface area contributed by atoms with Crippen molar-refractivity contribution in [2.45, 2.75) is 56.1 Å². The lowest BCUT2D eigenvalue weighted by Crippen LogP contribution is -2.33. The highest BCUT2D eigenvalue weighted by Crippen LogP contribution is 2.38. The molecule has 2 aromatic rings. The van der Waals surface area contributed by atoms with E-state index in [1.807, 2.05) is 10.8 Å². The fraction of sp³-hybridized carbons (Fsp3) is 0.476. The van der Waals surface area contributed by atoms with Gasteiger partial charge in [0.15, 0.2) is 11.0 Å². The van der Waals surface area contributed by atoms with Gasteiger partial charge in [0, 0.05) is 19.0 Å². The average Bonchev–Trinajstić information content (AvgIpc) is 3.45. The molecule has 2 heterocycles. The number of carbonyl (C=O) groups is 1. The first-order valence-corrected chi connectivity index (χ1v) is 11.3. The van der Waals surface area contributed by atoms with E-state index in [1.54, 1.807) is 13.2 Å². The van der Waals surface area contributed by atoms with Gasteiger partial charge in [0.25, 0.3) is 0 Å². The van der Waals surface area contributed by atoms with Crippen LogP contribution in [0.2, 0.25) is 0 Å². The summed E-state index contributed by atoms with van der Waals surface area (Å²) in [6, 6.07) is 3.61. The maximum absolute atomic E-state index is 12.8. The molecular formula is C21H25N3O4S. The molecule has 0 fully saturated rings. The number of ether oxygens (including phenoxy) is 2. The van der Waals surface area contributed by atoms with Gasteiger partial charge >= 0.3 is 6.03 Å². The number of urea groups is 1. The predicted molar refractivity (Wildman–Crippen MR) is 110 cm³/mol. The number of aromatic nitrogens is 1. The molecule has 2 aliphatic carbocycles. The number of methoxy groups -OCH3 is 1. The number of carbonyl (C=O) groups excluding carboxylic acids is 1. The third-order valence-electron chi connectivity index (χ3n) is 6.11. The van der Waals surface area contributed by atoms with Gasteiger partial charge < -0.3 is 19.4 Å². The van der Waals surface area contributed by atoms with Gasteiger partial charge in [-0.3, -0.25) is 4.72 Å². The molecule has 0 saturated carbocycles. The zero-order valence-corrected chi connectivity index (χ0v) is 17.3. The van der Waals surface area contributed by atoms with Gasteiger partial charge in [-0.2, -0.15) is 0 Å². The highest BCUT2D eigenvalue weighted by Gasteiger charge is 2.27. The van der Waals surface area contributed by atoms with Crippen molar-refractivity contribution in [1.29, 1.82) is 0 Å². The first-order valence-electron chi connectivity index (χ1n) is 10.1. The van der Waals surface area contributed by atoms with Crippen molar-refractivity contribution < 1.29 is 18.5 Å². The van der Waals surface area contributed by atoms with Crippen LogP contribution >= 0.6 is 0 Å². The molecule has 7 nitrogen and oxygen atoms in total. The molecule has 154 valence electrons. The molecule has 1 aliphatic heterocycles. The van der Waals surface area contributed by atoms with Crippen molar-refractivity contribution in [1.82, 2.24) is 9.29 Å². The lowest BCUT2D eigenvalue weighted by molar-refractivity contribution is 0.0208. The van der Waals surface area contributed by atoms with Crippen LogP contribution in [0.3, 0.4) is 0 Å². The number of benzene rings is 1. The topological polar surface area (TPSA) is 81.6 Å². The third-order valence-corrected chi connectivity index (χ3v) is 7.19. The Morgan fingerprint density at radius 1 is 1.21 bits per heavy atom. The van der Waals surface area contributed by atoms with Crippen molar-refractivity contribution >= 4 is 22.7 Å². The molecule has 0 bridgehead atoms. The van der Waals surface area contributed by atoms with Crippen LogP contribution in [0.1, 0.15) is 35.1 Å². The van der Waals surface area contributed by atoms with Crippen molar-refractivity contribution in [3.63, 3.8) is 0 Å². The summed E-state index contributed by atoms with van der Waals surface area (Å²) < 4.78 is 28.3. The number of nitrogens with zero attached hydrogens (tertiary/aromatic N) is 1. The smallest absolute Gasteiger partial charge is 0.331 e. The lowest BCUT2D eigenvalue weighted by atomic mass is 9.99. The number of anilines is 1. The summed E-state index contributed by atoms with van der Waals surface area (Å²) >= 11 is 0. The SMILES string of the molecule is COC1COc2c(S(=O)NC(=O)Nc3c4c(cc5c3CCC5)CCC4)ccn2C1. The van der Waals surface area contributed by atoms with Gasteiger partial charge in [-0.1, -0.05) is 6.07 Å². The van der Waals surface area contributed by atoms with Gasteiger partial charge in [-0.05, 0) is 66.8 Å². The highest BCUT2D eigenvalue weighted by atomic mass is 32.2. The molecule has 0 spiro atoms. The number of amides is 2. The number of rotatable bonds is 4. The van der Waals surface area contributed by atoms with E-state index in [1.165, 1.54) is 22.3 Å². The van der Waals surface area contributed by atoms with Crippen LogP contribution in [0.4, 0.5) is 10.5 Å². The first kappa shape index (κ1) is 18.7. The zero-order valence-electron chi connectivity index (χ0n) is 16.5. The number of nitrogens with one attached hydrogen (secondary N) is 2. The molecule has 2 unspecified atom stereocenters. The van der Waals surface area contributed by atoms with Crippen molar-refractivity contribution in [3.8, 4) is 5.88 Å². The van der Waals surface area contributed by atoms with Crippen LogP contribution in [0.5, 0.6) is 5.88 Å². The fourth-order valence-electron chi connectivity index (χ4n) is 4.71. The summed E-state index contributed by atoms with van der Waals surface area (Å²) in [5.41, 5.74) is 6.15.